The fourth-order valence-electron chi connectivity index (χ4n) is 1.03. The molecule has 0 aliphatic carbocycles. The predicted octanol–water partition coefficient (Wildman–Crippen LogP) is 2.25. The summed E-state index contributed by atoms with van der Waals surface area (Å²) in [6, 6.07) is 5.27. The fraction of sp³-hybridized carbons (Fsp3) is 0.0909. The monoisotopic (exact) mass is 260 g/mol. The molecule has 0 fully saturated rings. The Morgan fingerprint density at radius 3 is 2.39 bits per heavy atom. The van der Waals surface area contributed by atoms with Crippen molar-refractivity contribution in [2.75, 3.05) is 0 Å². The Morgan fingerprint density at radius 1 is 1.22 bits per heavy atom. The van der Waals surface area contributed by atoms with Crippen LogP contribution < -0.4 is 4.74 Å². The topological polar surface area (TPSA) is 63.6 Å². The van der Waals surface area contributed by atoms with Gasteiger partial charge in [-0.3, -0.25) is 0 Å². The van der Waals surface area contributed by atoms with Crippen LogP contribution in [-0.4, -0.2) is 23.2 Å². The van der Waals surface area contributed by atoms with E-state index in [1.54, 1.807) is 0 Å². The molecule has 18 heavy (non-hydrogen) atoms. The molecule has 1 aromatic carbocycles. The maximum atomic E-state index is 12.0. The van der Waals surface area contributed by atoms with Crippen LogP contribution in [0.2, 0.25) is 0 Å². The average Bonchev–Trinajstić information content (AvgIpc) is 2.26. The van der Waals surface area contributed by atoms with E-state index in [4.69, 9.17) is 5.11 Å². The number of esters is 1. The van der Waals surface area contributed by atoms with Gasteiger partial charge in [0.25, 0.3) is 0 Å². The maximum absolute atomic E-state index is 12.0. The van der Waals surface area contributed by atoms with E-state index in [0.29, 0.717) is 0 Å². The van der Waals surface area contributed by atoms with Crippen molar-refractivity contribution in [1.29, 1.82) is 0 Å². The first kappa shape index (κ1) is 13.8. The van der Waals surface area contributed by atoms with E-state index in [-0.39, 0.29) is 11.3 Å². The lowest BCUT2D eigenvalue weighted by Gasteiger charge is -2.08. The van der Waals surface area contributed by atoms with Gasteiger partial charge in [0.1, 0.15) is 5.75 Å². The molecule has 0 aromatic heterocycles. The molecule has 0 unspecified atom stereocenters. The number of halogens is 3. The molecule has 4 nitrogen and oxygen atoms in total. The van der Waals surface area contributed by atoms with Crippen molar-refractivity contribution in [3.05, 3.63) is 35.9 Å². The molecule has 1 aromatic rings. The highest BCUT2D eigenvalue weighted by Crippen LogP contribution is 2.24. The highest BCUT2D eigenvalue weighted by molar-refractivity contribution is 5.86. The normalized spacial score (nSPS) is 11.5. The number of benzene rings is 1. The van der Waals surface area contributed by atoms with Crippen molar-refractivity contribution in [1.82, 2.24) is 0 Å². The van der Waals surface area contributed by atoms with Gasteiger partial charge >= 0.3 is 18.1 Å². The number of aliphatic carboxylic acids is 1. The van der Waals surface area contributed by atoms with Crippen molar-refractivity contribution < 1.29 is 32.6 Å². The Labute approximate surface area is 99.3 Å². The van der Waals surface area contributed by atoms with Gasteiger partial charge in [-0.15, -0.1) is 0 Å². The van der Waals surface area contributed by atoms with Crippen LogP contribution in [-0.2, 0) is 9.59 Å². The summed E-state index contributed by atoms with van der Waals surface area (Å²) >= 11 is 0. The van der Waals surface area contributed by atoms with Crippen LogP contribution in [0.1, 0.15) is 5.56 Å². The second kappa shape index (κ2) is 5.35. The molecule has 0 radical (unpaired) electrons. The number of rotatable bonds is 3. The van der Waals surface area contributed by atoms with Gasteiger partial charge < -0.3 is 9.84 Å². The zero-order chi connectivity index (χ0) is 13.8. The summed E-state index contributed by atoms with van der Waals surface area (Å²) in [4.78, 5) is 20.9. The second-order valence-corrected chi connectivity index (χ2v) is 3.10. The highest BCUT2D eigenvalue weighted by Gasteiger charge is 2.41. The molecule has 0 amide bonds. The van der Waals surface area contributed by atoms with Gasteiger partial charge in [-0.05, 0) is 12.1 Å². The summed E-state index contributed by atoms with van der Waals surface area (Å²) in [5, 5.41) is 8.40. The lowest BCUT2D eigenvalue weighted by Crippen LogP contribution is -2.28. The van der Waals surface area contributed by atoms with Crippen LogP contribution in [0.15, 0.2) is 30.3 Å². The smallest absolute Gasteiger partial charge is 0.478 e. The molecule has 0 saturated heterocycles. The van der Waals surface area contributed by atoms with Gasteiger partial charge in [0, 0.05) is 11.6 Å². The summed E-state index contributed by atoms with van der Waals surface area (Å²) < 4.78 is 40.1. The SMILES string of the molecule is O=C(O)/C=C/c1ccccc1OC(=O)C(F)(F)F. The van der Waals surface area contributed by atoms with Crippen LogP contribution in [0.4, 0.5) is 13.2 Å². The molecule has 0 atom stereocenters. The summed E-state index contributed by atoms with van der Waals surface area (Å²) in [7, 11) is 0. The Morgan fingerprint density at radius 2 is 1.83 bits per heavy atom. The lowest BCUT2D eigenvalue weighted by molar-refractivity contribution is -0.189. The van der Waals surface area contributed by atoms with Crippen molar-refractivity contribution in [3.63, 3.8) is 0 Å². The highest BCUT2D eigenvalue weighted by atomic mass is 19.4. The van der Waals surface area contributed by atoms with Gasteiger partial charge in [-0.2, -0.15) is 13.2 Å². The number of para-hydroxylation sites is 1. The molecule has 0 saturated carbocycles. The van der Waals surface area contributed by atoms with Gasteiger partial charge in [0.05, 0.1) is 0 Å². The Bertz CT molecular complexity index is 491. The van der Waals surface area contributed by atoms with Crippen LogP contribution in [0, 0.1) is 0 Å². The number of carboxylic acid groups (broad SMARTS) is 1. The number of alkyl halides is 3. The van der Waals surface area contributed by atoms with E-state index in [1.165, 1.54) is 18.2 Å². The number of carboxylic acids is 1. The molecule has 0 bridgehead atoms. The largest absolute Gasteiger partial charge is 0.491 e. The lowest BCUT2D eigenvalue weighted by atomic mass is 10.2. The van der Waals surface area contributed by atoms with Gasteiger partial charge in [-0.25, -0.2) is 9.59 Å². The number of hydrogen-bond donors (Lipinski definition) is 1. The first-order valence-electron chi connectivity index (χ1n) is 4.60. The third-order valence-corrected chi connectivity index (χ3v) is 1.76. The molecule has 1 rings (SSSR count). The van der Waals surface area contributed by atoms with Gasteiger partial charge in [0.15, 0.2) is 0 Å². The Hall–Kier alpha value is -2.31. The van der Waals surface area contributed by atoms with Crippen molar-refractivity contribution in [2.24, 2.45) is 0 Å². The minimum atomic E-state index is -5.11. The van der Waals surface area contributed by atoms with Crippen LogP contribution >= 0.6 is 0 Å². The first-order chi connectivity index (χ1) is 8.30. The third kappa shape index (κ3) is 3.93. The van der Waals surface area contributed by atoms with Crippen LogP contribution in [0.5, 0.6) is 5.75 Å². The summed E-state index contributed by atoms with van der Waals surface area (Å²) in [5.74, 6) is -4.00. The van der Waals surface area contributed by atoms with Crippen LogP contribution in [0.3, 0.4) is 0 Å². The fourth-order valence-corrected chi connectivity index (χ4v) is 1.03. The molecule has 0 heterocycles. The third-order valence-electron chi connectivity index (χ3n) is 1.76. The zero-order valence-electron chi connectivity index (χ0n) is 8.77. The first-order valence-corrected chi connectivity index (χ1v) is 4.60. The second-order valence-electron chi connectivity index (χ2n) is 3.10. The molecule has 7 heteroatoms. The van der Waals surface area contributed by atoms with E-state index in [9.17, 15) is 22.8 Å². The van der Waals surface area contributed by atoms with Crippen molar-refractivity contribution >= 4 is 18.0 Å². The van der Waals surface area contributed by atoms with E-state index in [2.05, 4.69) is 4.74 Å². The molecule has 1 N–H and O–H groups in total. The number of carbonyl (C=O) groups excluding carboxylic acids is 1. The summed E-state index contributed by atoms with van der Waals surface area (Å²) in [6.07, 6.45) is -3.36. The van der Waals surface area contributed by atoms with E-state index >= 15 is 0 Å². The standard InChI is InChI=1S/C11H7F3O4/c12-11(13,14)10(17)18-8-4-2-1-3-7(8)5-6-9(15)16/h1-6H,(H,15,16)/b6-5+. The van der Waals surface area contributed by atoms with Crippen LogP contribution in [0.25, 0.3) is 6.08 Å². The maximum Gasteiger partial charge on any atom is 0.491 e. The minimum absolute atomic E-state index is 0.0532. The predicted molar refractivity (Wildman–Crippen MR) is 54.8 cm³/mol. The molecular formula is C11H7F3O4. The quantitative estimate of drug-likeness (QED) is 0.514. The number of ether oxygens (including phenoxy) is 1. The molecular weight excluding hydrogens is 253 g/mol. The summed E-state index contributed by atoms with van der Waals surface area (Å²) in [6.45, 7) is 0. The molecule has 0 aliphatic rings. The molecule has 0 spiro atoms. The number of hydrogen-bond acceptors (Lipinski definition) is 3. The van der Waals surface area contributed by atoms with E-state index in [1.807, 2.05) is 0 Å². The molecule has 0 aliphatic heterocycles. The van der Waals surface area contributed by atoms with E-state index in [0.717, 1.165) is 18.2 Å². The van der Waals surface area contributed by atoms with Gasteiger partial charge in [-0.1, -0.05) is 18.2 Å². The summed E-state index contributed by atoms with van der Waals surface area (Å²) in [5.41, 5.74) is 0.0532. The minimum Gasteiger partial charge on any atom is -0.478 e. The van der Waals surface area contributed by atoms with Gasteiger partial charge in [0.2, 0.25) is 0 Å². The van der Waals surface area contributed by atoms with Crippen molar-refractivity contribution in [3.8, 4) is 5.75 Å². The Balaban J connectivity index is 2.96. The zero-order valence-corrected chi connectivity index (χ0v) is 8.77. The molecule has 96 valence electrons. The average molecular weight is 260 g/mol. The number of carbonyl (C=O) groups is 2. The Kier molecular flexibility index (Phi) is 4.09. The van der Waals surface area contributed by atoms with Crippen molar-refractivity contribution in [2.45, 2.75) is 6.18 Å². The van der Waals surface area contributed by atoms with E-state index < -0.39 is 18.1 Å².